The largest absolute Gasteiger partial charge is 0.311 e. The molecule has 0 spiro atoms. The molecule has 0 bridgehead atoms. The number of amides is 1. The molecule has 0 aliphatic rings. The Morgan fingerprint density at radius 3 is 2.63 bits per heavy atom. The van der Waals surface area contributed by atoms with E-state index in [-0.39, 0.29) is 11.5 Å². The fraction of sp³-hybridized carbons (Fsp3) is 0.133. The van der Waals surface area contributed by atoms with Gasteiger partial charge in [0.15, 0.2) is 0 Å². The maximum Gasteiger partial charge on any atom is 0.261 e. The van der Waals surface area contributed by atoms with Crippen molar-refractivity contribution in [3.8, 4) is 0 Å². The van der Waals surface area contributed by atoms with E-state index in [0.29, 0.717) is 4.47 Å². The molecule has 2 aromatic rings. The average molecular weight is 322 g/mol. The fourth-order valence-corrected chi connectivity index (χ4v) is 2.16. The third kappa shape index (κ3) is 3.01. The first-order chi connectivity index (χ1) is 8.99. The second-order valence-corrected chi connectivity index (χ2v) is 5.24. The normalized spacial score (nSPS) is 10.3. The highest BCUT2D eigenvalue weighted by Crippen LogP contribution is 2.21. The molecule has 2 nitrogen and oxygen atoms in total. The number of benzene rings is 2. The van der Waals surface area contributed by atoms with Gasteiger partial charge >= 0.3 is 0 Å². The summed E-state index contributed by atoms with van der Waals surface area (Å²) >= 11 is 3.24. The van der Waals surface area contributed by atoms with Gasteiger partial charge in [-0.3, -0.25) is 4.79 Å². The number of halogens is 2. The number of rotatable bonds is 2. The van der Waals surface area contributed by atoms with E-state index in [2.05, 4.69) is 15.9 Å². The summed E-state index contributed by atoms with van der Waals surface area (Å²) in [4.78, 5) is 13.7. The van der Waals surface area contributed by atoms with E-state index in [9.17, 15) is 9.18 Å². The summed E-state index contributed by atoms with van der Waals surface area (Å²) in [6, 6.07) is 11.9. The summed E-state index contributed by atoms with van der Waals surface area (Å²) in [6.45, 7) is 1.95. The van der Waals surface area contributed by atoms with Crippen LogP contribution in [0.2, 0.25) is 0 Å². The first-order valence-corrected chi connectivity index (χ1v) is 6.58. The Morgan fingerprint density at radius 2 is 1.95 bits per heavy atom. The van der Waals surface area contributed by atoms with E-state index in [1.807, 2.05) is 31.2 Å². The minimum atomic E-state index is -0.521. The fourth-order valence-electron chi connectivity index (χ4n) is 1.80. The molecule has 0 atom stereocenters. The highest BCUT2D eigenvalue weighted by molar-refractivity contribution is 9.10. The summed E-state index contributed by atoms with van der Waals surface area (Å²) in [5.74, 6) is -0.892. The molecular formula is C15H13BrFNO. The Balaban J connectivity index is 2.36. The Bertz CT molecular complexity index is 627. The lowest BCUT2D eigenvalue weighted by molar-refractivity contribution is 0.0989. The van der Waals surface area contributed by atoms with Crippen LogP contribution in [0.15, 0.2) is 46.9 Å². The predicted molar refractivity (Wildman–Crippen MR) is 78.0 cm³/mol. The van der Waals surface area contributed by atoms with Gasteiger partial charge in [-0.2, -0.15) is 0 Å². The smallest absolute Gasteiger partial charge is 0.261 e. The highest BCUT2D eigenvalue weighted by atomic mass is 79.9. The van der Waals surface area contributed by atoms with E-state index in [1.165, 1.54) is 17.0 Å². The first-order valence-electron chi connectivity index (χ1n) is 5.79. The molecule has 1 amide bonds. The Morgan fingerprint density at radius 1 is 1.21 bits per heavy atom. The SMILES string of the molecule is Cc1cccc(N(C)C(=O)c2cc(Br)ccc2F)c1. The lowest BCUT2D eigenvalue weighted by Crippen LogP contribution is -2.27. The van der Waals surface area contributed by atoms with Crippen molar-refractivity contribution < 1.29 is 9.18 Å². The van der Waals surface area contributed by atoms with Crippen molar-refractivity contribution in [2.45, 2.75) is 6.92 Å². The number of nitrogens with zero attached hydrogens (tertiary/aromatic N) is 1. The molecule has 2 aromatic carbocycles. The maximum atomic E-state index is 13.7. The first kappa shape index (κ1) is 13.7. The molecule has 0 aliphatic carbocycles. The van der Waals surface area contributed by atoms with Gasteiger partial charge in [0.25, 0.3) is 5.91 Å². The van der Waals surface area contributed by atoms with Crippen molar-refractivity contribution in [2.75, 3.05) is 11.9 Å². The Labute approximate surface area is 120 Å². The molecule has 0 saturated carbocycles. The van der Waals surface area contributed by atoms with Gasteiger partial charge in [0.2, 0.25) is 0 Å². The molecule has 2 rings (SSSR count). The van der Waals surface area contributed by atoms with Crippen LogP contribution in [-0.2, 0) is 0 Å². The van der Waals surface area contributed by atoms with Crippen LogP contribution in [0, 0.1) is 12.7 Å². The zero-order chi connectivity index (χ0) is 14.0. The minimum absolute atomic E-state index is 0.0541. The van der Waals surface area contributed by atoms with E-state index in [1.54, 1.807) is 13.1 Å². The maximum absolute atomic E-state index is 13.7. The van der Waals surface area contributed by atoms with E-state index in [0.717, 1.165) is 11.3 Å². The van der Waals surface area contributed by atoms with Gasteiger partial charge in [-0.1, -0.05) is 28.1 Å². The topological polar surface area (TPSA) is 20.3 Å². The molecule has 0 fully saturated rings. The second kappa shape index (κ2) is 5.53. The molecule has 0 saturated heterocycles. The van der Waals surface area contributed by atoms with E-state index >= 15 is 0 Å². The number of carbonyl (C=O) groups excluding carboxylic acids is 1. The zero-order valence-electron chi connectivity index (χ0n) is 10.7. The minimum Gasteiger partial charge on any atom is -0.311 e. The number of hydrogen-bond donors (Lipinski definition) is 0. The molecule has 98 valence electrons. The molecule has 0 radical (unpaired) electrons. The van der Waals surface area contributed by atoms with Crippen LogP contribution >= 0.6 is 15.9 Å². The number of hydrogen-bond acceptors (Lipinski definition) is 1. The Hall–Kier alpha value is -1.68. The van der Waals surface area contributed by atoms with Crippen LogP contribution in [0.5, 0.6) is 0 Å². The summed E-state index contributed by atoms with van der Waals surface area (Å²) in [7, 11) is 1.64. The van der Waals surface area contributed by atoms with Crippen molar-refractivity contribution in [1.82, 2.24) is 0 Å². The van der Waals surface area contributed by atoms with Crippen molar-refractivity contribution in [3.05, 3.63) is 63.9 Å². The lowest BCUT2D eigenvalue weighted by atomic mass is 10.1. The summed E-state index contributed by atoms with van der Waals surface area (Å²) < 4.78 is 14.4. The van der Waals surface area contributed by atoms with Crippen LogP contribution in [-0.4, -0.2) is 13.0 Å². The van der Waals surface area contributed by atoms with E-state index in [4.69, 9.17) is 0 Å². The third-order valence-corrected chi connectivity index (χ3v) is 3.35. The summed E-state index contributed by atoms with van der Waals surface area (Å²) in [5, 5.41) is 0. The monoisotopic (exact) mass is 321 g/mol. The summed E-state index contributed by atoms with van der Waals surface area (Å²) in [5.41, 5.74) is 1.84. The van der Waals surface area contributed by atoms with Crippen molar-refractivity contribution in [1.29, 1.82) is 0 Å². The zero-order valence-corrected chi connectivity index (χ0v) is 12.2. The van der Waals surface area contributed by atoms with E-state index < -0.39 is 5.82 Å². The van der Waals surface area contributed by atoms with Crippen LogP contribution in [0.3, 0.4) is 0 Å². The summed E-state index contributed by atoms with van der Waals surface area (Å²) in [6.07, 6.45) is 0. The molecule has 0 unspecified atom stereocenters. The third-order valence-electron chi connectivity index (χ3n) is 2.85. The van der Waals surface area contributed by atoms with Gasteiger partial charge < -0.3 is 4.90 Å². The van der Waals surface area contributed by atoms with Crippen LogP contribution < -0.4 is 4.90 Å². The average Bonchev–Trinajstić information content (AvgIpc) is 2.40. The van der Waals surface area contributed by atoms with Gasteiger partial charge in [0.05, 0.1) is 5.56 Å². The highest BCUT2D eigenvalue weighted by Gasteiger charge is 2.17. The van der Waals surface area contributed by atoms with Crippen LogP contribution in [0.4, 0.5) is 10.1 Å². The predicted octanol–water partition coefficient (Wildman–Crippen LogP) is 4.17. The van der Waals surface area contributed by atoms with Gasteiger partial charge in [-0.05, 0) is 42.8 Å². The quantitative estimate of drug-likeness (QED) is 0.812. The van der Waals surface area contributed by atoms with Crippen LogP contribution in [0.1, 0.15) is 15.9 Å². The van der Waals surface area contributed by atoms with Crippen molar-refractivity contribution in [3.63, 3.8) is 0 Å². The standard InChI is InChI=1S/C15H13BrFNO/c1-10-4-3-5-12(8-10)18(2)15(19)13-9-11(16)6-7-14(13)17/h3-9H,1-2H3. The van der Waals surface area contributed by atoms with Crippen LogP contribution in [0.25, 0.3) is 0 Å². The Kier molecular flexibility index (Phi) is 4.00. The van der Waals surface area contributed by atoms with Gasteiger partial charge in [-0.25, -0.2) is 4.39 Å². The number of anilines is 1. The van der Waals surface area contributed by atoms with Gasteiger partial charge in [-0.15, -0.1) is 0 Å². The van der Waals surface area contributed by atoms with Gasteiger partial charge in [0.1, 0.15) is 5.82 Å². The number of carbonyl (C=O) groups is 1. The molecule has 0 aliphatic heterocycles. The van der Waals surface area contributed by atoms with Crippen molar-refractivity contribution >= 4 is 27.5 Å². The molecule has 19 heavy (non-hydrogen) atoms. The molecule has 0 heterocycles. The molecule has 0 N–H and O–H groups in total. The van der Waals surface area contributed by atoms with Crippen molar-refractivity contribution in [2.24, 2.45) is 0 Å². The second-order valence-electron chi connectivity index (χ2n) is 4.33. The lowest BCUT2D eigenvalue weighted by Gasteiger charge is -2.18. The molecule has 0 aromatic heterocycles. The van der Waals surface area contributed by atoms with Gasteiger partial charge in [0, 0.05) is 17.2 Å². The molecule has 4 heteroatoms. The molecular weight excluding hydrogens is 309 g/mol. The number of aryl methyl sites for hydroxylation is 1.